The van der Waals surface area contributed by atoms with Crippen molar-refractivity contribution in [2.75, 3.05) is 0 Å². The van der Waals surface area contributed by atoms with Crippen LogP contribution in [0.15, 0.2) is 30.6 Å². The van der Waals surface area contributed by atoms with Gasteiger partial charge >= 0.3 is 6.03 Å². The fraction of sp³-hybridized carbons (Fsp3) is 0. The third kappa shape index (κ3) is 2.03. The van der Waals surface area contributed by atoms with E-state index >= 15 is 0 Å². The Morgan fingerprint density at radius 2 is 1.70 bits per heavy atom. The molecule has 4 heteroatoms. The number of hydrogen-bond acceptors (Lipinski definition) is 1. The van der Waals surface area contributed by atoms with Crippen LogP contribution in [-0.2, 0) is 0 Å². The lowest BCUT2D eigenvalue weighted by atomic mass is 10.5. The van der Waals surface area contributed by atoms with Crippen LogP contribution in [0.1, 0.15) is 0 Å². The smallest absolute Gasteiger partial charge is 0.493 e. The Balaban J connectivity index is 0.000000810. The highest BCUT2D eigenvalue weighted by Gasteiger charge is 2.00. The van der Waals surface area contributed by atoms with Gasteiger partial charge in [-0.3, -0.25) is 5.73 Å². The van der Waals surface area contributed by atoms with E-state index in [1.54, 1.807) is 24.5 Å². The van der Waals surface area contributed by atoms with E-state index in [0.29, 0.717) is 0 Å². The molecule has 10 heavy (non-hydrogen) atoms. The van der Waals surface area contributed by atoms with E-state index in [1.807, 2.05) is 6.07 Å². The number of nitrogens with zero attached hydrogens (tertiary/aromatic N) is 1. The molecule has 1 aromatic heterocycles. The van der Waals surface area contributed by atoms with Crippen LogP contribution < -0.4 is 22.7 Å². The highest BCUT2D eigenvalue weighted by molar-refractivity contribution is 5.61. The molecule has 0 spiro atoms. The molecule has 0 unspecified atom stereocenters. The Kier molecular flexibility index (Phi) is 3.43. The number of hydrogen-bond donors (Lipinski definition) is 1. The molecule has 54 valence electrons. The molecule has 0 aliphatic carbocycles. The number of primary amides is 1. The van der Waals surface area contributed by atoms with Gasteiger partial charge in [-0.2, -0.15) is 9.36 Å². The molecule has 0 saturated carbocycles. The molecule has 0 fully saturated rings. The van der Waals surface area contributed by atoms with Crippen LogP contribution in [0, 0.1) is 0 Å². The van der Waals surface area contributed by atoms with Gasteiger partial charge in [-0.1, -0.05) is 6.07 Å². The summed E-state index contributed by atoms with van der Waals surface area (Å²) in [6, 6.07) is 4.84. The van der Waals surface area contributed by atoms with Crippen LogP contribution in [0.25, 0.3) is 0 Å². The van der Waals surface area contributed by atoms with E-state index in [-0.39, 0.29) is 12.4 Å². The maximum absolute atomic E-state index is 10.4. The van der Waals surface area contributed by atoms with Gasteiger partial charge in [0.05, 0.1) is 12.4 Å². The number of carbonyl (C=O) groups excluding carboxylic acids is 1. The summed E-state index contributed by atoms with van der Waals surface area (Å²) >= 11 is 0. The van der Waals surface area contributed by atoms with E-state index < -0.39 is 6.03 Å². The number of halogens is 1. The molecule has 0 aliphatic rings. The molecule has 0 aliphatic heterocycles. The first-order valence-electron chi connectivity index (χ1n) is 2.57. The molecule has 0 bridgehead atoms. The lowest BCUT2D eigenvalue weighted by molar-refractivity contribution is -0.569. The number of nitrogens with two attached hydrogens (primary N) is 1. The minimum atomic E-state index is -0.462. The molecular formula is C6H7ClN2O. The van der Waals surface area contributed by atoms with Crippen LogP contribution in [0.5, 0.6) is 0 Å². The van der Waals surface area contributed by atoms with Crippen LogP contribution in [0.4, 0.5) is 4.79 Å². The Hall–Kier alpha value is -1.09. The van der Waals surface area contributed by atoms with Gasteiger partial charge in [-0.05, 0) is 12.1 Å². The predicted molar refractivity (Wildman–Crippen MR) is 31.6 cm³/mol. The first-order valence-corrected chi connectivity index (χ1v) is 2.57. The molecule has 1 rings (SSSR count). The van der Waals surface area contributed by atoms with Crippen molar-refractivity contribution in [1.29, 1.82) is 0 Å². The lowest BCUT2D eigenvalue weighted by Crippen LogP contribution is -3.00. The van der Waals surface area contributed by atoms with E-state index in [1.165, 1.54) is 4.57 Å². The molecule has 1 heterocycles. The maximum Gasteiger partial charge on any atom is 0.493 e. The number of pyridine rings is 1. The van der Waals surface area contributed by atoms with Gasteiger partial charge < -0.3 is 12.4 Å². The second-order valence-electron chi connectivity index (χ2n) is 1.62. The normalized spacial score (nSPS) is 8.00. The number of aromatic nitrogens is 1. The van der Waals surface area contributed by atoms with Crippen LogP contribution in [0.3, 0.4) is 0 Å². The van der Waals surface area contributed by atoms with E-state index in [4.69, 9.17) is 5.73 Å². The Morgan fingerprint density at radius 1 is 1.20 bits per heavy atom. The van der Waals surface area contributed by atoms with Crippen molar-refractivity contribution in [2.24, 2.45) is 5.73 Å². The quantitative estimate of drug-likeness (QED) is 0.400. The fourth-order valence-electron chi connectivity index (χ4n) is 0.546. The molecule has 2 N–H and O–H groups in total. The number of rotatable bonds is 0. The molecule has 3 nitrogen and oxygen atoms in total. The Bertz CT molecular complexity index is 212. The minimum Gasteiger partial charge on any atom is -1.00 e. The predicted octanol–water partition coefficient (Wildman–Crippen LogP) is -3.10. The third-order valence-corrected chi connectivity index (χ3v) is 0.970. The monoisotopic (exact) mass is 158 g/mol. The topological polar surface area (TPSA) is 47.0 Å². The van der Waals surface area contributed by atoms with Crippen molar-refractivity contribution >= 4 is 6.03 Å². The van der Waals surface area contributed by atoms with Gasteiger partial charge in [0.15, 0.2) is 0 Å². The zero-order valence-electron chi connectivity index (χ0n) is 5.20. The molecule has 1 aromatic rings. The summed E-state index contributed by atoms with van der Waals surface area (Å²) in [5.41, 5.74) is 4.94. The molecule has 1 amide bonds. The van der Waals surface area contributed by atoms with Crippen LogP contribution in [0.2, 0.25) is 0 Å². The molecule has 0 saturated heterocycles. The highest BCUT2D eigenvalue weighted by Crippen LogP contribution is 1.74. The zero-order valence-corrected chi connectivity index (χ0v) is 5.95. The zero-order chi connectivity index (χ0) is 6.69. The Morgan fingerprint density at radius 3 is 2.00 bits per heavy atom. The summed E-state index contributed by atoms with van der Waals surface area (Å²) in [7, 11) is 0. The summed E-state index contributed by atoms with van der Waals surface area (Å²) in [5, 5.41) is 0. The van der Waals surface area contributed by atoms with Gasteiger partial charge in [-0.25, -0.2) is 0 Å². The summed E-state index contributed by atoms with van der Waals surface area (Å²) < 4.78 is 1.31. The van der Waals surface area contributed by atoms with Gasteiger partial charge in [0.2, 0.25) is 0 Å². The second kappa shape index (κ2) is 3.85. The molecule has 0 atom stereocenters. The first kappa shape index (κ1) is 8.91. The summed E-state index contributed by atoms with van der Waals surface area (Å²) in [4.78, 5) is 10.4. The van der Waals surface area contributed by atoms with Crippen molar-refractivity contribution in [3.8, 4) is 0 Å². The average molecular weight is 159 g/mol. The van der Waals surface area contributed by atoms with Gasteiger partial charge in [0.1, 0.15) is 0 Å². The Labute approximate surface area is 64.9 Å². The van der Waals surface area contributed by atoms with E-state index in [2.05, 4.69) is 0 Å². The summed E-state index contributed by atoms with van der Waals surface area (Å²) in [6.07, 6.45) is 3.20. The number of carbonyl (C=O) groups is 1. The molecule has 0 aromatic carbocycles. The van der Waals surface area contributed by atoms with Crippen molar-refractivity contribution in [3.63, 3.8) is 0 Å². The van der Waals surface area contributed by atoms with Gasteiger partial charge in [-0.15, -0.1) is 0 Å². The van der Waals surface area contributed by atoms with E-state index in [9.17, 15) is 4.79 Å². The third-order valence-electron chi connectivity index (χ3n) is 0.970. The van der Waals surface area contributed by atoms with Crippen molar-refractivity contribution in [2.45, 2.75) is 0 Å². The minimum absolute atomic E-state index is 0. The molecular weight excluding hydrogens is 152 g/mol. The van der Waals surface area contributed by atoms with Crippen molar-refractivity contribution in [1.82, 2.24) is 0 Å². The van der Waals surface area contributed by atoms with Crippen molar-refractivity contribution in [3.05, 3.63) is 30.6 Å². The van der Waals surface area contributed by atoms with Crippen LogP contribution >= 0.6 is 0 Å². The SMILES string of the molecule is NC(=O)[n+]1ccccc1.[Cl-]. The molecule has 0 radical (unpaired) electrons. The summed E-state index contributed by atoms with van der Waals surface area (Å²) in [6.45, 7) is 0. The van der Waals surface area contributed by atoms with Crippen LogP contribution in [-0.4, -0.2) is 6.03 Å². The standard InChI is InChI=1S/C6H6N2O.ClH/c7-6(9)8-4-2-1-3-5-8;/h1-5H,(H-,7,9);1H. The van der Waals surface area contributed by atoms with Gasteiger partial charge in [0.25, 0.3) is 0 Å². The van der Waals surface area contributed by atoms with Gasteiger partial charge in [0, 0.05) is 0 Å². The fourth-order valence-corrected chi connectivity index (χ4v) is 0.546. The second-order valence-corrected chi connectivity index (χ2v) is 1.62. The highest BCUT2D eigenvalue weighted by atomic mass is 35.5. The maximum atomic E-state index is 10.4. The lowest BCUT2D eigenvalue weighted by Gasteiger charge is -1.86. The average Bonchev–Trinajstić information content (AvgIpc) is 1.90. The largest absolute Gasteiger partial charge is 1.00 e. The van der Waals surface area contributed by atoms with E-state index in [0.717, 1.165) is 0 Å². The number of amides is 1. The van der Waals surface area contributed by atoms with Crippen molar-refractivity contribution < 1.29 is 21.8 Å². The summed E-state index contributed by atoms with van der Waals surface area (Å²) in [5.74, 6) is 0. The first-order chi connectivity index (χ1) is 4.30.